The largest absolute Gasteiger partial charge is 0.493 e. The summed E-state index contributed by atoms with van der Waals surface area (Å²) in [6.07, 6.45) is 0.307. The van der Waals surface area contributed by atoms with Crippen LogP contribution in [0.1, 0.15) is 23.1 Å². The fraction of sp³-hybridized carbons (Fsp3) is 0.316. The quantitative estimate of drug-likeness (QED) is 0.844. The second-order valence-corrected chi connectivity index (χ2v) is 5.48. The number of aryl methyl sites for hydroxylation is 1. The van der Waals surface area contributed by atoms with Crippen LogP contribution in [-0.2, 0) is 16.1 Å². The first kappa shape index (κ1) is 17.0. The summed E-state index contributed by atoms with van der Waals surface area (Å²) < 4.78 is 10.8. The molecule has 4 nitrogen and oxygen atoms in total. The highest BCUT2D eigenvalue weighted by Crippen LogP contribution is 2.20. The molecule has 0 aromatic heterocycles. The Balaban J connectivity index is 1.83. The Labute approximate surface area is 137 Å². The molecule has 0 aliphatic rings. The van der Waals surface area contributed by atoms with Gasteiger partial charge in [-0.15, -0.1) is 0 Å². The Hall–Kier alpha value is -2.33. The Morgan fingerprint density at radius 2 is 1.91 bits per heavy atom. The zero-order chi connectivity index (χ0) is 16.7. The first-order valence-corrected chi connectivity index (χ1v) is 7.67. The van der Waals surface area contributed by atoms with E-state index in [1.54, 1.807) is 7.11 Å². The molecule has 0 atom stereocenters. The van der Waals surface area contributed by atoms with E-state index >= 15 is 0 Å². The molecule has 2 rings (SSSR count). The van der Waals surface area contributed by atoms with E-state index in [1.807, 2.05) is 56.3 Å². The van der Waals surface area contributed by atoms with Gasteiger partial charge in [-0.2, -0.15) is 0 Å². The second-order valence-electron chi connectivity index (χ2n) is 5.48. The van der Waals surface area contributed by atoms with Gasteiger partial charge >= 0.3 is 0 Å². The number of hydrogen-bond donors (Lipinski definition) is 1. The van der Waals surface area contributed by atoms with Crippen molar-refractivity contribution in [3.63, 3.8) is 0 Å². The molecule has 23 heavy (non-hydrogen) atoms. The SMILES string of the molecule is COCc1cccc(NC(=O)CCOc2cccc(C)c2C)c1. The highest BCUT2D eigenvalue weighted by molar-refractivity contribution is 5.90. The summed E-state index contributed by atoms with van der Waals surface area (Å²) in [6, 6.07) is 13.6. The van der Waals surface area contributed by atoms with Crippen LogP contribution in [0.5, 0.6) is 5.75 Å². The minimum Gasteiger partial charge on any atom is -0.493 e. The molecule has 0 spiro atoms. The number of benzene rings is 2. The molecule has 4 heteroatoms. The average Bonchev–Trinajstić information content (AvgIpc) is 2.52. The molecule has 0 radical (unpaired) electrons. The summed E-state index contributed by atoms with van der Waals surface area (Å²) in [5.41, 5.74) is 4.09. The van der Waals surface area contributed by atoms with Gasteiger partial charge in [0.25, 0.3) is 0 Å². The maximum Gasteiger partial charge on any atom is 0.227 e. The van der Waals surface area contributed by atoms with Gasteiger partial charge in [-0.25, -0.2) is 0 Å². The lowest BCUT2D eigenvalue weighted by atomic mass is 10.1. The number of anilines is 1. The lowest BCUT2D eigenvalue weighted by molar-refractivity contribution is -0.116. The lowest BCUT2D eigenvalue weighted by Crippen LogP contribution is -2.15. The minimum absolute atomic E-state index is 0.0649. The van der Waals surface area contributed by atoms with Crippen molar-refractivity contribution in [2.75, 3.05) is 19.0 Å². The number of rotatable bonds is 7. The van der Waals surface area contributed by atoms with E-state index in [0.717, 1.165) is 22.6 Å². The Bertz CT molecular complexity index is 667. The van der Waals surface area contributed by atoms with Crippen LogP contribution in [0, 0.1) is 13.8 Å². The number of carbonyl (C=O) groups excluding carboxylic acids is 1. The number of hydrogen-bond acceptors (Lipinski definition) is 3. The molecule has 0 bridgehead atoms. The van der Waals surface area contributed by atoms with Gasteiger partial charge < -0.3 is 14.8 Å². The van der Waals surface area contributed by atoms with Gasteiger partial charge in [-0.3, -0.25) is 4.79 Å². The fourth-order valence-electron chi connectivity index (χ4n) is 2.26. The van der Waals surface area contributed by atoms with Crippen molar-refractivity contribution in [2.24, 2.45) is 0 Å². The minimum atomic E-state index is -0.0649. The number of carbonyl (C=O) groups is 1. The molecule has 0 heterocycles. The monoisotopic (exact) mass is 313 g/mol. The van der Waals surface area contributed by atoms with E-state index in [4.69, 9.17) is 9.47 Å². The third kappa shape index (κ3) is 5.11. The summed E-state index contributed by atoms with van der Waals surface area (Å²) >= 11 is 0. The zero-order valence-corrected chi connectivity index (χ0v) is 13.9. The summed E-state index contributed by atoms with van der Waals surface area (Å²) in [5.74, 6) is 0.768. The molecule has 2 aromatic carbocycles. The fourth-order valence-corrected chi connectivity index (χ4v) is 2.26. The molecular formula is C19H23NO3. The topological polar surface area (TPSA) is 47.6 Å². The molecule has 122 valence electrons. The van der Waals surface area contributed by atoms with Crippen molar-refractivity contribution in [2.45, 2.75) is 26.9 Å². The zero-order valence-electron chi connectivity index (χ0n) is 13.9. The van der Waals surface area contributed by atoms with E-state index < -0.39 is 0 Å². The summed E-state index contributed by atoms with van der Waals surface area (Å²) in [4.78, 5) is 12.0. The predicted octanol–water partition coefficient (Wildman–Crippen LogP) is 3.86. The third-order valence-corrected chi connectivity index (χ3v) is 3.66. The van der Waals surface area contributed by atoms with Crippen molar-refractivity contribution in [3.05, 3.63) is 59.2 Å². The van der Waals surface area contributed by atoms with Gasteiger partial charge in [0.2, 0.25) is 5.91 Å². The van der Waals surface area contributed by atoms with E-state index in [9.17, 15) is 4.79 Å². The van der Waals surface area contributed by atoms with Gasteiger partial charge in [0, 0.05) is 12.8 Å². The average molecular weight is 313 g/mol. The first-order valence-electron chi connectivity index (χ1n) is 7.67. The van der Waals surface area contributed by atoms with Crippen LogP contribution in [0.25, 0.3) is 0 Å². The van der Waals surface area contributed by atoms with Crippen molar-refractivity contribution in [3.8, 4) is 5.75 Å². The first-order chi connectivity index (χ1) is 11.1. The molecule has 0 aliphatic carbocycles. The van der Waals surface area contributed by atoms with Crippen LogP contribution in [0.4, 0.5) is 5.69 Å². The third-order valence-electron chi connectivity index (χ3n) is 3.66. The maximum atomic E-state index is 12.0. The van der Waals surface area contributed by atoms with Gasteiger partial charge in [-0.1, -0.05) is 24.3 Å². The standard InChI is InChI=1S/C19H23NO3/c1-14-6-4-9-18(15(14)2)23-11-10-19(21)20-17-8-5-7-16(12-17)13-22-3/h4-9,12H,10-11,13H2,1-3H3,(H,20,21). The predicted molar refractivity (Wildman–Crippen MR) is 91.8 cm³/mol. The summed E-state index contributed by atoms with van der Waals surface area (Å²) in [5, 5.41) is 2.88. The Kier molecular flexibility index (Phi) is 6.18. The van der Waals surface area contributed by atoms with E-state index in [-0.39, 0.29) is 5.91 Å². The number of methoxy groups -OCH3 is 1. The van der Waals surface area contributed by atoms with Crippen LogP contribution in [0.15, 0.2) is 42.5 Å². The van der Waals surface area contributed by atoms with Gasteiger partial charge in [0.1, 0.15) is 5.75 Å². The van der Waals surface area contributed by atoms with Gasteiger partial charge in [0.05, 0.1) is 19.6 Å². The Morgan fingerprint density at radius 1 is 1.13 bits per heavy atom. The van der Waals surface area contributed by atoms with Crippen molar-refractivity contribution >= 4 is 11.6 Å². The molecule has 0 aliphatic heterocycles. The Morgan fingerprint density at radius 3 is 2.70 bits per heavy atom. The van der Waals surface area contributed by atoms with Crippen molar-refractivity contribution in [1.82, 2.24) is 0 Å². The van der Waals surface area contributed by atoms with Crippen LogP contribution < -0.4 is 10.1 Å². The van der Waals surface area contributed by atoms with Crippen LogP contribution in [0.3, 0.4) is 0 Å². The van der Waals surface area contributed by atoms with E-state index in [2.05, 4.69) is 5.32 Å². The molecular weight excluding hydrogens is 290 g/mol. The maximum absolute atomic E-state index is 12.0. The van der Waals surface area contributed by atoms with Gasteiger partial charge in [-0.05, 0) is 48.7 Å². The van der Waals surface area contributed by atoms with E-state index in [0.29, 0.717) is 19.6 Å². The number of ether oxygens (including phenoxy) is 2. The smallest absolute Gasteiger partial charge is 0.227 e. The lowest BCUT2D eigenvalue weighted by Gasteiger charge is -2.11. The van der Waals surface area contributed by atoms with Gasteiger partial charge in [0.15, 0.2) is 0 Å². The molecule has 0 saturated heterocycles. The van der Waals surface area contributed by atoms with Crippen LogP contribution in [0.2, 0.25) is 0 Å². The molecule has 2 aromatic rings. The molecule has 1 amide bonds. The second kappa shape index (κ2) is 8.34. The summed E-state index contributed by atoms with van der Waals surface area (Å²) in [7, 11) is 1.65. The number of nitrogens with one attached hydrogen (secondary N) is 1. The van der Waals surface area contributed by atoms with E-state index in [1.165, 1.54) is 5.56 Å². The van der Waals surface area contributed by atoms with Crippen LogP contribution in [-0.4, -0.2) is 19.6 Å². The van der Waals surface area contributed by atoms with Crippen LogP contribution >= 0.6 is 0 Å². The normalized spacial score (nSPS) is 10.4. The van der Waals surface area contributed by atoms with Crippen molar-refractivity contribution in [1.29, 1.82) is 0 Å². The molecule has 0 saturated carbocycles. The highest BCUT2D eigenvalue weighted by Gasteiger charge is 2.06. The highest BCUT2D eigenvalue weighted by atomic mass is 16.5. The molecule has 1 N–H and O–H groups in total. The number of amides is 1. The molecule has 0 fully saturated rings. The molecule has 0 unspecified atom stereocenters. The summed E-state index contributed by atoms with van der Waals surface area (Å²) in [6.45, 7) is 4.95. The van der Waals surface area contributed by atoms with Crippen molar-refractivity contribution < 1.29 is 14.3 Å².